The molecular weight excluding hydrogens is 136 g/mol. The summed E-state index contributed by atoms with van der Waals surface area (Å²) < 4.78 is 0. The van der Waals surface area contributed by atoms with Gasteiger partial charge in [-0.1, -0.05) is 5.92 Å². The molecule has 0 spiro atoms. The molecule has 0 aromatic carbocycles. The lowest BCUT2D eigenvalue weighted by atomic mass is 10.2. The third-order valence-electron chi connectivity index (χ3n) is 2.33. The zero-order valence-corrected chi connectivity index (χ0v) is 6.77. The molecule has 1 unspecified atom stereocenters. The Balaban J connectivity index is 2.05. The molecule has 2 heterocycles. The molecule has 0 saturated carbocycles. The van der Waals surface area contributed by atoms with Crippen LogP contribution in [-0.4, -0.2) is 24.2 Å². The first-order valence-electron chi connectivity index (χ1n) is 4.45. The fourth-order valence-electron chi connectivity index (χ4n) is 1.72. The molecule has 60 valence electrons. The smallest absolute Gasteiger partial charge is 0.0871 e. The van der Waals surface area contributed by atoms with Crippen LogP contribution in [0.1, 0.15) is 25.7 Å². The van der Waals surface area contributed by atoms with Crippen LogP contribution in [0.4, 0.5) is 0 Å². The Bertz CT molecular complexity index is 189. The van der Waals surface area contributed by atoms with E-state index in [1.54, 1.807) is 0 Å². The van der Waals surface area contributed by atoms with Crippen molar-refractivity contribution >= 4 is 0 Å². The Hall–Kier alpha value is -0.680. The van der Waals surface area contributed by atoms with Gasteiger partial charge in [-0.25, -0.2) is 0 Å². The molecule has 2 rings (SSSR count). The normalized spacial score (nSPS) is 29.8. The highest BCUT2D eigenvalue weighted by Gasteiger charge is 2.19. The van der Waals surface area contributed by atoms with Gasteiger partial charge in [-0.05, 0) is 25.8 Å². The zero-order chi connectivity index (χ0) is 7.52. The molecule has 2 heteroatoms. The monoisotopic (exact) mass is 150 g/mol. The standard InChI is InChI=1S/C9H14N2/c1-2-5-9-10-6-4-8-11(9)7-3-1/h9-10H,1-2,4-6,8H2. The first kappa shape index (κ1) is 7.00. The van der Waals surface area contributed by atoms with Crippen LogP contribution in [0.2, 0.25) is 0 Å². The highest BCUT2D eigenvalue weighted by atomic mass is 15.3. The van der Waals surface area contributed by atoms with Crippen LogP contribution in [-0.2, 0) is 0 Å². The lowest BCUT2D eigenvalue weighted by molar-refractivity contribution is 0.196. The minimum Gasteiger partial charge on any atom is -0.316 e. The fraction of sp³-hybridized carbons (Fsp3) is 0.778. The maximum Gasteiger partial charge on any atom is 0.0871 e. The molecule has 0 aliphatic carbocycles. The number of nitrogens with one attached hydrogen (secondary N) is 1. The average Bonchev–Trinajstić information content (AvgIpc) is 2.28. The van der Waals surface area contributed by atoms with Gasteiger partial charge in [0.15, 0.2) is 0 Å². The number of hydrogen-bond acceptors (Lipinski definition) is 2. The highest BCUT2D eigenvalue weighted by molar-refractivity contribution is 5.03. The lowest BCUT2D eigenvalue weighted by Gasteiger charge is -2.32. The van der Waals surface area contributed by atoms with Crippen molar-refractivity contribution in [2.45, 2.75) is 31.8 Å². The Labute approximate surface area is 68.0 Å². The van der Waals surface area contributed by atoms with E-state index in [9.17, 15) is 0 Å². The molecule has 2 aliphatic rings. The van der Waals surface area contributed by atoms with Crippen LogP contribution in [0.5, 0.6) is 0 Å². The first-order valence-corrected chi connectivity index (χ1v) is 4.45. The zero-order valence-electron chi connectivity index (χ0n) is 6.77. The predicted octanol–water partition coefficient (Wildman–Crippen LogP) is 0.753. The molecule has 11 heavy (non-hydrogen) atoms. The summed E-state index contributed by atoms with van der Waals surface area (Å²) in [6.07, 6.45) is 5.37. The van der Waals surface area contributed by atoms with E-state index in [-0.39, 0.29) is 0 Å². The summed E-state index contributed by atoms with van der Waals surface area (Å²) in [7, 11) is 0. The second kappa shape index (κ2) is 3.15. The molecule has 1 atom stereocenters. The minimum absolute atomic E-state index is 0.554. The lowest BCUT2D eigenvalue weighted by Crippen LogP contribution is -2.48. The van der Waals surface area contributed by atoms with E-state index in [2.05, 4.69) is 22.2 Å². The molecule has 1 N–H and O–H groups in total. The predicted molar refractivity (Wildman–Crippen MR) is 44.7 cm³/mol. The molecular formula is C9H14N2. The Morgan fingerprint density at radius 2 is 2.36 bits per heavy atom. The van der Waals surface area contributed by atoms with Gasteiger partial charge in [0.05, 0.1) is 6.17 Å². The second-order valence-corrected chi connectivity index (χ2v) is 3.20. The van der Waals surface area contributed by atoms with Gasteiger partial charge in [0.25, 0.3) is 0 Å². The van der Waals surface area contributed by atoms with Gasteiger partial charge in [0.2, 0.25) is 0 Å². The summed E-state index contributed by atoms with van der Waals surface area (Å²) in [5.41, 5.74) is 0. The molecule has 0 aromatic rings. The van der Waals surface area contributed by atoms with Gasteiger partial charge < -0.3 is 4.90 Å². The van der Waals surface area contributed by atoms with Gasteiger partial charge in [0.1, 0.15) is 0 Å². The van der Waals surface area contributed by atoms with Gasteiger partial charge in [-0.2, -0.15) is 0 Å². The van der Waals surface area contributed by atoms with Gasteiger partial charge >= 0.3 is 0 Å². The summed E-state index contributed by atoms with van der Waals surface area (Å²) in [6.45, 7) is 2.33. The molecule has 1 saturated heterocycles. The summed E-state index contributed by atoms with van der Waals surface area (Å²) >= 11 is 0. The molecule has 2 aliphatic heterocycles. The van der Waals surface area contributed by atoms with Crippen molar-refractivity contribution in [1.29, 1.82) is 0 Å². The third-order valence-corrected chi connectivity index (χ3v) is 2.33. The van der Waals surface area contributed by atoms with Crippen molar-refractivity contribution in [3.63, 3.8) is 0 Å². The molecule has 1 fully saturated rings. The van der Waals surface area contributed by atoms with Gasteiger partial charge in [-0.15, -0.1) is 0 Å². The third kappa shape index (κ3) is 1.49. The largest absolute Gasteiger partial charge is 0.316 e. The van der Waals surface area contributed by atoms with Gasteiger partial charge in [-0.3, -0.25) is 5.32 Å². The first-order chi connectivity index (χ1) is 5.47. The number of nitrogens with zero attached hydrogens (tertiary/aromatic N) is 1. The average molecular weight is 150 g/mol. The number of rotatable bonds is 0. The Kier molecular flexibility index (Phi) is 2.00. The number of fused-ring (bicyclic) bond motifs is 1. The van der Waals surface area contributed by atoms with Crippen molar-refractivity contribution in [1.82, 2.24) is 10.2 Å². The van der Waals surface area contributed by atoms with E-state index in [1.165, 1.54) is 25.8 Å². The maximum atomic E-state index is 3.48. The molecule has 2 nitrogen and oxygen atoms in total. The van der Waals surface area contributed by atoms with Crippen molar-refractivity contribution in [3.8, 4) is 12.0 Å². The van der Waals surface area contributed by atoms with Crippen LogP contribution in [0.25, 0.3) is 0 Å². The van der Waals surface area contributed by atoms with E-state index in [1.807, 2.05) is 0 Å². The summed E-state index contributed by atoms with van der Waals surface area (Å²) in [6, 6.07) is 3.20. The van der Waals surface area contributed by atoms with E-state index in [0.717, 1.165) is 13.0 Å². The Morgan fingerprint density at radius 1 is 1.36 bits per heavy atom. The van der Waals surface area contributed by atoms with E-state index >= 15 is 0 Å². The van der Waals surface area contributed by atoms with Crippen molar-refractivity contribution in [3.05, 3.63) is 0 Å². The van der Waals surface area contributed by atoms with Crippen LogP contribution < -0.4 is 5.32 Å². The minimum atomic E-state index is 0.554. The summed E-state index contributed by atoms with van der Waals surface area (Å²) in [5, 5.41) is 3.48. The second-order valence-electron chi connectivity index (χ2n) is 3.20. The maximum absolute atomic E-state index is 3.48. The molecule has 0 aromatic heterocycles. The fourth-order valence-corrected chi connectivity index (χ4v) is 1.72. The van der Waals surface area contributed by atoms with Gasteiger partial charge in [0, 0.05) is 19.0 Å². The van der Waals surface area contributed by atoms with Crippen molar-refractivity contribution in [2.24, 2.45) is 0 Å². The van der Waals surface area contributed by atoms with Crippen LogP contribution >= 0.6 is 0 Å². The summed E-state index contributed by atoms with van der Waals surface area (Å²) in [4.78, 5) is 2.26. The van der Waals surface area contributed by atoms with Crippen molar-refractivity contribution in [2.75, 3.05) is 13.1 Å². The number of hydrogen-bond donors (Lipinski definition) is 1. The molecule has 0 amide bonds. The Morgan fingerprint density at radius 3 is 3.36 bits per heavy atom. The highest BCUT2D eigenvalue weighted by Crippen LogP contribution is 2.12. The van der Waals surface area contributed by atoms with Crippen LogP contribution in [0.3, 0.4) is 0 Å². The van der Waals surface area contributed by atoms with Crippen molar-refractivity contribution < 1.29 is 0 Å². The van der Waals surface area contributed by atoms with E-state index in [4.69, 9.17) is 0 Å². The quantitative estimate of drug-likeness (QED) is 0.513. The molecule has 0 radical (unpaired) electrons. The topological polar surface area (TPSA) is 15.3 Å². The van der Waals surface area contributed by atoms with Crippen LogP contribution in [0.15, 0.2) is 0 Å². The SMILES string of the molecule is C1#CN2CCCNC2CCC1. The van der Waals surface area contributed by atoms with Crippen LogP contribution in [0, 0.1) is 12.0 Å². The molecule has 0 bridgehead atoms. The van der Waals surface area contributed by atoms with E-state index in [0.29, 0.717) is 6.17 Å². The summed E-state index contributed by atoms with van der Waals surface area (Å²) in [5.74, 6) is 3.18. The van der Waals surface area contributed by atoms with E-state index < -0.39 is 0 Å².